The SMILES string of the molecule is C=CCC1(C)C(=O)NC(=O)NC1=O. The number of barbiturate groups is 1. The Morgan fingerprint density at radius 1 is 1.31 bits per heavy atom. The average molecular weight is 182 g/mol. The molecule has 1 saturated heterocycles. The lowest BCUT2D eigenvalue weighted by Gasteiger charge is -2.29. The first-order chi connectivity index (χ1) is 6.00. The Bertz CT molecular complexity index is 276. The van der Waals surface area contributed by atoms with Crippen LogP contribution in [0.15, 0.2) is 12.7 Å². The Labute approximate surface area is 75.2 Å². The van der Waals surface area contributed by atoms with Crippen molar-refractivity contribution in [1.29, 1.82) is 0 Å². The van der Waals surface area contributed by atoms with Crippen LogP contribution in [0.2, 0.25) is 0 Å². The second kappa shape index (κ2) is 3.01. The van der Waals surface area contributed by atoms with E-state index < -0.39 is 23.3 Å². The number of allylic oxidation sites excluding steroid dienone is 1. The fraction of sp³-hybridized carbons (Fsp3) is 0.375. The molecule has 0 radical (unpaired) electrons. The van der Waals surface area contributed by atoms with Crippen LogP contribution < -0.4 is 10.6 Å². The van der Waals surface area contributed by atoms with E-state index in [0.29, 0.717) is 0 Å². The van der Waals surface area contributed by atoms with Crippen LogP contribution in [-0.2, 0) is 9.59 Å². The maximum atomic E-state index is 11.3. The van der Waals surface area contributed by atoms with E-state index >= 15 is 0 Å². The van der Waals surface area contributed by atoms with Gasteiger partial charge < -0.3 is 0 Å². The molecule has 1 fully saturated rings. The molecule has 1 aliphatic heterocycles. The molecule has 4 amide bonds. The lowest BCUT2D eigenvalue weighted by Crippen LogP contribution is -2.61. The normalized spacial score (nSPS) is 20.5. The highest BCUT2D eigenvalue weighted by Gasteiger charge is 2.45. The fourth-order valence-corrected chi connectivity index (χ4v) is 1.09. The molecular weight excluding hydrogens is 172 g/mol. The quantitative estimate of drug-likeness (QED) is 0.464. The predicted octanol–water partition coefficient (Wildman–Crippen LogP) is -0.0652. The minimum Gasteiger partial charge on any atom is -0.277 e. The van der Waals surface area contributed by atoms with Crippen LogP contribution in [0.5, 0.6) is 0 Å². The smallest absolute Gasteiger partial charge is 0.277 e. The number of carbonyl (C=O) groups is 3. The van der Waals surface area contributed by atoms with Gasteiger partial charge in [-0.05, 0) is 13.3 Å². The maximum absolute atomic E-state index is 11.3. The highest BCUT2D eigenvalue weighted by molar-refractivity contribution is 6.18. The van der Waals surface area contributed by atoms with Gasteiger partial charge in [0.15, 0.2) is 0 Å². The summed E-state index contributed by atoms with van der Waals surface area (Å²) in [5.41, 5.74) is -1.21. The number of hydrogen-bond acceptors (Lipinski definition) is 3. The molecule has 0 aromatic rings. The molecular formula is C8H10N2O3. The molecule has 70 valence electrons. The number of hydrogen-bond donors (Lipinski definition) is 2. The Balaban J connectivity index is 2.95. The summed E-state index contributed by atoms with van der Waals surface area (Å²) >= 11 is 0. The summed E-state index contributed by atoms with van der Waals surface area (Å²) in [4.78, 5) is 33.3. The molecule has 0 saturated carbocycles. The van der Waals surface area contributed by atoms with Gasteiger partial charge in [-0.2, -0.15) is 0 Å². The van der Waals surface area contributed by atoms with E-state index in [1.54, 1.807) is 0 Å². The van der Waals surface area contributed by atoms with Crippen LogP contribution in [-0.4, -0.2) is 17.8 Å². The number of carbonyl (C=O) groups excluding carboxylic acids is 3. The predicted molar refractivity (Wildman–Crippen MR) is 44.6 cm³/mol. The Morgan fingerprint density at radius 2 is 1.77 bits per heavy atom. The van der Waals surface area contributed by atoms with Crippen molar-refractivity contribution in [3.63, 3.8) is 0 Å². The van der Waals surface area contributed by atoms with Gasteiger partial charge in [0.05, 0.1) is 0 Å². The molecule has 1 rings (SSSR count). The van der Waals surface area contributed by atoms with Crippen molar-refractivity contribution < 1.29 is 14.4 Å². The third-order valence-corrected chi connectivity index (χ3v) is 2.01. The van der Waals surface area contributed by atoms with Crippen molar-refractivity contribution in [2.24, 2.45) is 5.41 Å². The monoisotopic (exact) mass is 182 g/mol. The molecule has 0 aliphatic carbocycles. The van der Waals surface area contributed by atoms with Crippen molar-refractivity contribution >= 4 is 17.8 Å². The number of rotatable bonds is 2. The first-order valence-corrected chi connectivity index (χ1v) is 3.78. The van der Waals surface area contributed by atoms with E-state index in [0.717, 1.165) is 0 Å². The van der Waals surface area contributed by atoms with Gasteiger partial charge in [0, 0.05) is 0 Å². The van der Waals surface area contributed by atoms with E-state index in [9.17, 15) is 14.4 Å². The lowest BCUT2D eigenvalue weighted by atomic mass is 9.83. The van der Waals surface area contributed by atoms with Crippen LogP contribution in [0.25, 0.3) is 0 Å². The average Bonchev–Trinajstić information content (AvgIpc) is 2.01. The molecule has 1 heterocycles. The van der Waals surface area contributed by atoms with Gasteiger partial charge in [0.25, 0.3) is 0 Å². The summed E-state index contributed by atoms with van der Waals surface area (Å²) < 4.78 is 0. The maximum Gasteiger partial charge on any atom is 0.328 e. The number of urea groups is 1. The molecule has 5 nitrogen and oxygen atoms in total. The van der Waals surface area contributed by atoms with E-state index in [4.69, 9.17) is 0 Å². The summed E-state index contributed by atoms with van der Waals surface area (Å²) in [6, 6.07) is -0.767. The zero-order chi connectivity index (χ0) is 10.1. The van der Waals surface area contributed by atoms with Gasteiger partial charge in [-0.25, -0.2) is 4.79 Å². The van der Waals surface area contributed by atoms with Crippen molar-refractivity contribution in [3.05, 3.63) is 12.7 Å². The number of amides is 4. The van der Waals surface area contributed by atoms with Gasteiger partial charge in [-0.1, -0.05) is 6.08 Å². The number of imide groups is 2. The van der Waals surface area contributed by atoms with Crippen molar-refractivity contribution in [3.8, 4) is 0 Å². The Morgan fingerprint density at radius 3 is 2.15 bits per heavy atom. The van der Waals surface area contributed by atoms with E-state index in [1.807, 2.05) is 10.6 Å². The summed E-state index contributed by atoms with van der Waals surface area (Å²) in [6.07, 6.45) is 1.67. The summed E-state index contributed by atoms with van der Waals surface area (Å²) in [7, 11) is 0. The van der Waals surface area contributed by atoms with Crippen LogP contribution in [0, 0.1) is 5.41 Å². The zero-order valence-electron chi connectivity index (χ0n) is 7.22. The molecule has 13 heavy (non-hydrogen) atoms. The molecule has 5 heteroatoms. The minimum absolute atomic E-state index is 0.206. The van der Waals surface area contributed by atoms with Crippen molar-refractivity contribution in [1.82, 2.24) is 10.6 Å². The fourth-order valence-electron chi connectivity index (χ4n) is 1.09. The van der Waals surface area contributed by atoms with Crippen molar-refractivity contribution in [2.45, 2.75) is 13.3 Å². The molecule has 0 aromatic carbocycles. The standard InChI is InChI=1S/C8H10N2O3/c1-3-4-8(2)5(11)9-7(13)10-6(8)12/h3H,1,4H2,2H3,(H2,9,10,11,12,13). The first-order valence-electron chi connectivity index (χ1n) is 3.78. The molecule has 0 bridgehead atoms. The lowest BCUT2D eigenvalue weighted by molar-refractivity contribution is -0.142. The number of nitrogens with one attached hydrogen (secondary N) is 2. The van der Waals surface area contributed by atoms with E-state index in [1.165, 1.54) is 13.0 Å². The summed E-state index contributed by atoms with van der Waals surface area (Å²) in [6.45, 7) is 4.91. The summed E-state index contributed by atoms with van der Waals surface area (Å²) in [5.74, 6) is -1.16. The van der Waals surface area contributed by atoms with Crippen LogP contribution in [0.3, 0.4) is 0 Å². The highest BCUT2D eigenvalue weighted by atomic mass is 16.2. The van der Waals surface area contributed by atoms with Gasteiger partial charge >= 0.3 is 6.03 Å². The van der Waals surface area contributed by atoms with Gasteiger partial charge in [-0.3, -0.25) is 20.2 Å². The van der Waals surface area contributed by atoms with Crippen LogP contribution in [0.1, 0.15) is 13.3 Å². The molecule has 1 aliphatic rings. The highest BCUT2D eigenvalue weighted by Crippen LogP contribution is 2.24. The topological polar surface area (TPSA) is 75.3 Å². The molecule has 0 aromatic heterocycles. The minimum atomic E-state index is -1.21. The second-order valence-electron chi connectivity index (χ2n) is 3.06. The van der Waals surface area contributed by atoms with Gasteiger partial charge in [0.2, 0.25) is 11.8 Å². The molecule has 0 unspecified atom stereocenters. The van der Waals surface area contributed by atoms with Crippen molar-refractivity contribution in [2.75, 3.05) is 0 Å². The van der Waals surface area contributed by atoms with Crippen LogP contribution >= 0.6 is 0 Å². The Kier molecular flexibility index (Phi) is 2.18. The second-order valence-corrected chi connectivity index (χ2v) is 3.06. The first kappa shape index (κ1) is 9.44. The third kappa shape index (κ3) is 1.44. The third-order valence-electron chi connectivity index (χ3n) is 2.01. The van der Waals surface area contributed by atoms with Gasteiger partial charge in [0.1, 0.15) is 5.41 Å². The van der Waals surface area contributed by atoms with Crippen LogP contribution in [0.4, 0.5) is 4.79 Å². The molecule has 2 N–H and O–H groups in total. The van der Waals surface area contributed by atoms with Gasteiger partial charge in [-0.15, -0.1) is 6.58 Å². The van der Waals surface area contributed by atoms with E-state index in [2.05, 4.69) is 6.58 Å². The largest absolute Gasteiger partial charge is 0.328 e. The zero-order valence-corrected chi connectivity index (χ0v) is 7.22. The van der Waals surface area contributed by atoms with E-state index in [-0.39, 0.29) is 6.42 Å². The molecule has 0 atom stereocenters. The summed E-state index contributed by atoms with van der Waals surface area (Å²) in [5, 5.41) is 4.06. The Hall–Kier alpha value is -1.65. The molecule has 0 spiro atoms.